The van der Waals surface area contributed by atoms with Gasteiger partial charge in [-0.1, -0.05) is 143 Å². The van der Waals surface area contributed by atoms with Crippen molar-refractivity contribution in [3.05, 3.63) is 23.3 Å². The van der Waals surface area contributed by atoms with Crippen LogP contribution in [0.25, 0.3) is 0 Å². The fourth-order valence-corrected chi connectivity index (χ4v) is 19.2. The third-order valence-electron chi connectivity index (χ3n) is 23.2. The molecule has 6 saturated carbocycles. The molecule has 8 aliphatic carbocycles. The largest absolute Gasteiger partial charge is 0.462 e. The fraction of sp³-hybridized carbons (Fsp3) is 0.853. The first kappa shape index (κ1) is 55.8. The molecule has 8 aliphatic rings. The van der Waals surface area contributed by atoms with Crippen molar-refractivity contribution >= 4 is 11.9 Å². The lowest BCUT2D eigenvalue weighted by Crippen LogP contribution is -2.51. The van der Waals surface area contributed by atoms with Crippen molar-refractivity contribution in [2.24, 2.45) is 92.7 Å². The molecule has 0 amide bonds. The molecule has 16 atom stereocenters. The van der Waals surface area contributed by atoms with Gasteiger partial charge in [0.15, 0.2) is 0 Å². The normalized spacial score (nSPS) is 38.4. The predicted octanol–water partition coefficient (Wildman–Crippen LogP) is 18.0. The lowest BCUT2D eigenvalue weighted by molar-refractivity contribution is -0.152. The van der Waals surface area contributed by atoms with Crippen LogP contribution in [0.1, 0.15) is 262 Å². The molecule has 6 fully saturated rings. The number of allylic oxidation sites excluding steroid dienone is 2. The average molecular weight is 988 g/mol. The van der Waals surface area contributed by atoms with Gasteiger partial charge in [0.2, 0.25) is 0 Å². The first-order valence-corrected chi connectivity index (χ1v) is 31.2. The molecule has 0 radical (unpaired) electrons. The Morgan fingerprint density at radius 1 is 0.514 bits per heavy atom. The number of hydrogen-bond donors (Lipinski definition) is 0. The van der Waals surface area contributed by atoms with Gasteiger partial charge in [0.05, 0.1) is 0 Å². The van der Waals surface area contributed by atoms with E-state index >= 15 is 0 Å². The predicted molar refractivity (Wildman–Crippen MR) is 298 cm³/mol. The summed E-state index contributed by atoms with van der Waals surface area (Å²) in [7, 11) is 0. The van der Waals surface area contributed by atoms with Crippen LogP contribution in [0.5, 0.6) is 0 Å². The van der Waals surface area contributed by atoms with E-state index in [0.717, 1.165) is 148 Å². The molecule has 2 unspecified atom stereocenters. The summed E-state index contributed by atoms with van der Waals surface area (Å²) >= 11 is 0. The highest BCUT2D eigenvalue weighted by Crippen LogP contribution is 2.69. The number of ether oxygens (including phenoxy) is 2. The van der Waals surface area contributed by atoms with Crippen LogP contribution in [-0.4, -0.2) is 24.1 Å². The summed E-state index contributed by atoms with van der Waals surface area (Å²) in [6.07, 6.45) is 39.6. The number of hydrogen-bond acceptors (Lipinski definition) is 4. The van der Waals surface area contributed by atoms with Crippen LogP contribution in [0.3, 0.4) is 0 Å². The van der Waals surface area contributed by atoms with Crippen molar-refractivity contribution < 1.29 is 19.1 Å². The van der Waals surface area contributed by atoms with Gasteiger partial charge in [-0.25, -0.2) is 0 Å². The molecular formula is C68H106O4. The average Bonchev–Trinajstić information content (AvgIpc) is 3.89. The van der Waals surface area contributed by atoms with Crippen molar-refractivity contribution in [1.82, 2.24) is 0 Å². The minimum atomic E-state index is -0.0369. The first-order chi connectivity index (χ1) is 34.5. The van der Waals surface area contributed by atoms with E-state index in [1.807, 2.05) is 0 Å². The van der Waals surface area contributed by atoms with E-state index < -0.39 is 0 Å². The van der Waals surface area contributed by atoms with Crippen molar-refractivity contribution in [3.8, 4) is 23.7 Å². The molecule has 0 saturated heterocycles. The molecular weight excluding hydrogens is 881 g/mol. The SMILES string of the molecule is CC(C)CCC[C@@H](C)[C@H]1CC[C@H]2[C@@H]3CC=C4CC(OC(=O)CCCCC#CC#CCCCCC(=O)OC5CC[C@@]6(C)C(=CC[C@H]7[C@@H]8CC[C@H]([C@H](C)CCCC(C)C)[C@@]8(C)CC[C@@H]76)C5)CC[C@]4(C)[C@H]3CC[C@]12C. The van der Waals surface area contributed by atoms with E-state index in [0.29, 0.717) is 23.7 Å². The van der Waals surface area contributed by atoms with Gasteiger partial charge in [0.25, 0.3) is 0 Å². The Hall–Kier alpha value is -2.46. The van der Waals surface area contributed by atoms with E-state index in [2.05, 4.69) is 105 Å². The molecule has 0 heterocycles. The van der Waals surface area contributed by atoms with Crippen molar-refractivity contribution in [2.75, 3.05) is 0 Å². The van der Waals surface area contributed by atoms with Gasteiger partial charge in [-0.3, -0.25) is 9.59 Å². The highest BCUT2D eigenvalue weighted by atomic mass is 16.5. The Bertz CT molecular complexity index is 1890. The van der Waals surface area contributed by atoms with Gasteiger partial charge in [0.1, 0.15) is 12.2 Å². The van der Waals surface area contributed by atoms with E-state index in [1.165, 1.54) is 103 Å². The number of rotatable bonds is 20. The molecule has 4 nitrogen and oxygen atoms in total. The van der Waals surface area contributed by atoms with E-state index in [4.69, 9.17) is 9.47 Å². The van der Waals surface area contributed by atoms with Gasteiger partial charge < -0.3 is 9.47 Å². The summed E-state index contributed by atoms with van der Waals surface area (Å²) in [5, 5.41) is 0. The molecule has 8 rings (SSSR count). The molecule has 402 valence electrons. The first-order valence-electron chi connectivity index (χ1n) is 31.2. The summed E-state index contributed by atoms with van der Waals surface area (Å²) in [4.78, 5) is 26.0. The highest BCUT2D eigenvalue weighted by Gasteiger charge is 2.61. The van der Waals surface area contributed by atoms with E-state index in [9.17, 15) is 9.59 Å². The molecule has 0 N–H and O–H groups in total. The van der Waals surface area contributed by atoms with E-state index in [1.54, 1.807) is 11.1 Å². The number of carbonyl (C=O) groups is 2. The van der Waals surface area contributed by atoms with Crippen molar-refractivity contribution in [1.29, 1.82) is 0 Å². The number of fused-ring (bicyclic) bond motifs is 10. The molecule has 0 spiro atoms. The summed E-state index contributed by atoms with van der Waals surface area (Å²) < 4.78 is 12.3. The quantitative estimate of drug-likeness (QED) is 0.0528. The maximum atomic E-state index is 13.0. The summed E-state index contributed by atoms with van der Waals surface area (Å²) in [5.41, 5.74) is 4.81. The second kappa shape index (κ2) is 24.3. The van der Waals surface area contributed by atoms with Gasteiger partial charge in [-0.15, -0.1) is 0 Å². The maximum absolute atomic E-state index is 13.0. The molecule has 0 aromatic carbocycles. The molecule has 4 heteroatoms. The van der Waals surface area contributed by atoms with Gasteiger partial charge in [0, 0.05) is 38.5 Å². The molecule has 72 heavy (non-hydrogen) atoms. The van der Waals surface area contributed by atoms with E-state index in [-0.39, 0.29) is 35.0 Å². The molecule has 0 bridgehead atoms. The molecule has 0 aromatic heterocycles. The maximum Gasteiger partial charge on any atom is 0.306 e. The van der Waals surface area contributed by atoms with Crippen LogP contribution >= 0.6 is 0 Å². The monoisotopic (exact) mass is 987 g/mol. The van der Waals surface area contributed by atoms with Crippen LogP contribution in [0.2, 0.25) is 0 Å². The standard InChI is InChI=1S/C68H106O4/c1-47(2)23-21-25-49(5)57-33-35-59-55-31-29-51-45-53(37-41-65(51,7)61(55)39-43-67(57,59)9)71-63(69)27-19-17-15-13-11-12-14-16-18-20-28-64(70)72-54-38-42-66(8)52(46-54)30-32-56-60-36-34-58(50(6)26-22-24-48(3)4)68(60,10)44-40-62(56)66/h29-30,47-50,53-62H,15-28,31-46H2,1-10H3/t49-,50-,53?,54?,55+,56+,57-,58-,59+,60+,61+,62+,65+,66+,67-,68-/m1/s1. The topological polar surface area (TPSA) is 52.6 Å². The van der Waals surface area contributed by atoms with Crippen LogP contribution in [0.15, 0.2) is 23.3 Å². The number of esters is 2. The minimum absolute atomic E-state index is 0.0361. The third-order valence-corrected chi connectivity index (χ3v) is 23.2. The smallest absolute Gasteiger partial charge is 0.306 e. The van der Waals surface area contributed by atoms with Crippen molar-refractivity contribution in [2.45, 2.75) is 274 Å². The lowest BCUT2D eigenvalue weighted by Gasteiger charge is -2.58. The zero-order chi connectivity index (χ0) is 51.3. The highest BCUT2D eigenvalue weighted by molar-refractivity contribution is 5.70. The van der Waals surface area contributed by atoms with Gasteiger partial charge >= 0.3 is 11.9 Å². The lowest BCUT2D eigenvalue weighted by atomic mass is 9.47. The molecule has 0 aliphatic heterocycles. The zero-order valence-electron chi connectivity index (χ0n) is 48.1. The minimum Gasteiger partial charge on any atom is -0.462 e. The van der Waals surface area contributed by atoms with Crippen LogP contribution in [0.4, 0.5) is 0 Å². The Balaban J connectivity index is 0.674. The Morgan fingerprint density at radius 2 is 0.931 bits per heavy atom. The van der Waals surface area contributed by atoms with Crippen LogP contribution in [-0.2, 0) is 19.1 Å². The molecule has 0 aromatic rings. The Kier molecular flexibility index (Phi) is 18.8. The zero-order valence-corrected chi connectivity index (χ0v) is 48.1. The second-order valence-electron chi connectivity index (χ2n) is 28.3. The summed E-state index contributed by atoms with van der Waals surface area (Å²) in [5.74, 6) is 22.5. The Morgan fingerprint density at radius 3 is 1.33 bits per heavy atom. The van der Waals surface area contributed by atoms with Crippen LogP contribution in [0, 0.1) is 116 Å². The van der Waals surface area contributed by atoms with Gasteiger partial charge in [-0.2, -0.15) is 0 Å². The fourth-order valence-electron chi connectivity index (χ4n) is 19.2. The third kappa shape index (κ3) is 12.2. The number of carbonyl (C=O) groups excluding carboxylic acids is 2. The van der Waals surface area contributed by atoms with Crippen molar-refractivity contribution in [3.63, 3.8) is 0 Å². The second-order valence-corrected chi connectivity index (χ2v) is 28.3. The van der Waals surface area contributed by atoms with Gasteiger partial charge in [-0.05, 0) is 220 Å². The summed E-state index contributed by atoms with van der Waals surface area (Å²) in [6, 6.07) is 0. The number of unbranched alkanes of at least 4 members (excludes halogenated alkanes) is 4. The Labute approximate surface area is 442 Å². The summed E-state index contributed by atoms with van der Waals surface area (Å²) in [6.45, 7) is 25.2. The van der Waals surface area contributed by atoms with Crippen LogP contribution < -0.4 is 0 Å².